The predicted molar refractivity (Wildman–Crippen MR) is 131 cm³/mol. The number of hydrogen-bond donors (Lipinski definition) is 1. The van der Waals surface area contributed by atoms with Gasteiger partial charge in [-0.05, 0) is 46.9 Å². The second-order valence-corrected chi connectivity index (χ2v) is 8.69. The van der Waals surface area contributed by atoms with E-state index in [2.05, 4.69) is 33.6 Å². The third kappa shape index (κ3) is 3.29. The van der Waals surface area contributed by atoms with E-state index >= 15 is 0 Å². The summed E-state index contributed by atoms with van der Waals surface area (Å²) in [7, 11) is 0. The van der Waals surface area contributed by atoms with Crippen molar-refractivity contribution in [2.75, 3.05) is 5.73 Å². The highest BCUT2D eigenvalue weighted by molar-refractivity contribution is 14.1. The zero-order valence-corrected chi connectivity index (χ0v) is 19.2. The van der Waals surface area contributed by atoms with Crippen LogP contribution in [-0.4, -0.2) is 19.7 Å². The zero-order chi connectivity index (χ0) is 20.8. The first-order chi connectivity index (χ1) is 14.5. The summed E-state index contributed by atoms with van der Waals surface area (Å²) in [5.41, 5.74) is 11.0. The monoisotopic (exact) mass is 545 g/mol. The molecule has 0 bridgehead atoms. The molecule has 0 saturated carbocycles. The number of nitrogens with two attached hydrogens (primary N) is 1. The van der Waals surface area contributed by atoms with Crippen molar-refractivity contribution in [1.29, 1.82) is 0 Å². The van der Waals surface area contributed by atoms with Gasteiger partial charge in [0.05, 0.1) is 46.7 Å². The number of anilines is 1. The number of nitrogens with zero attached hydrogens (tertiary/aromatic N) is 4. The number of fused-ring (bicyclic) bond motifs is 2. The summed E-state index contributed by atoms with van der Waals surface area (Å²) >= 11 is 15.2. The molecule has 0 aliphatic heterocycles. The van der Waals surface area contributed by atoms with Gasteiger partial charge in [-0.2, -0.15) is 5.10 Å². The number of halogens is 3. The molecule has 3 heterocycles. The summed E-state index contributed by atoms with van der Waals surface area (Å²) in [6.07, 6.45) is 3.42. The van der Waals surface area contributed by atoms with Crippen LogP contribution in [0.5, 0.6) is 0 Å². The number of pyridine rings is 2. The molecule has 2 N–H and O–H groups in total. The van der Waals surface area contributed by atoms with Gasteiger partial charge in [-0.25, -0.2) is 4.98 Å². The van der Waals surface area contributed by atoms with Gasteiger partial charge in [0, 0.05) is 26.6 Å². The van der Waals surface area contributed by atoms with Gasteiger partial charge >= 0.3 is 0 Å². The molecule has 5 rings (SSSR count). The quantitative estimate of drug-likeness (QED) is 0.274. The molecule has 3 aromatic heterocycles. The second-order valence-electron chi connectivity index (χ2n) is 6.85. The SMILES string of the molecule is Nc1cncc2c1c(I)nn2Cc1cc2c(Cl)cccc2nc1-c1ccccc1Cl. The van der Waals surface area contributed by atoms with Gasteiger partial charge in [0.25, 0.3) is 0 Å². The van der Waals surface area contributed by atoms with Crippen molar-refractivity contribution >= 4 is 73.3 Å². The Morgan fingerprint density at radius 2 is 1.80 bits per heavy atom. The first kappa shape index (κ1) is 19.5. The Morgan fingerprint density at radius 1 is 1.00 bits per heavy atom. The highest BCUT2D eigenvalue weighted by atomic mass is 127. The minimum atomic E-state index is 0.472. The number of hydrogen-bond acceptors (Lipinski definition) is 4. The maximum Gasteiger partial charge on any atom is 0.133 e. The molecule has 0 amide bonds. The molecule has 0 spiro atoms. The Hall–Kier alpha value is -2.42. The summed E-state index contributed by atoms with van der Waals surface area (Å²) in [6, 6.07) is 15.4. The predicted octanol–water partition coefficient (Wildman–Crippen LogP) is 6.19. The van der Waals surface area contributed by atoms with Crippen LogP contribution in [-0.2, 0) is 6.54 Å². The lowest BCUT2D eigenvalue weighted by molar-refractivity contribution is 0.704. The molecule has 2 aromatic carbocycles. The topological polar surface area (TPSA) is 69.6 Å². The normalized spacial score (nSPS) is 11.4. The van der Waals surface area contributed by atoms with E-state index in [9.17, 15) is 0 Å². The van der Waals surface area contributed by atoms with E-state index in [0.717, 1.165) is 42.3 Å². The van der Waals surface area contributed by atoms with Gasteiger partial charge in [0.2, 0.25) is 0 Å². The standard InChI is InChI=1S/C22H14Cl2IN5/c23-15-5-2-1-4-13(15)21-12(8-14-16(24)6-3-7-18(14)28-21)11-30-19-10-27-9-17(26)20(19)22(25)29-30/h1-10H,11,26H2. The molecule has 0 atom stereocenters. The second kappa shape index (κ2) is 7.68. The van der Waals surface area contributed by atoms with Gasteiger partial charge < -0.3 is 5.73 Å². The van der Waals surface area contributed by atoms with Crippen molar-refractivity contribution in [3.8, 4) is 11.3 Å². The van der Waals surface area contributed by atoms with E-state index < -0.39 is 0 Å². The fourth-order valence-electron chi connectivity index (χ4n) is 3.59. The first-order valence-electron chi connectivity index (χ1n) is 9.11. The lowest BCUT2D eigenvalue weighted by Gasteiger charge is -2.13. The van der Waals surface area contributed by atoms with Crippen LogP contribution in [0.2, 0.25) is 10.0 Å². The zero-order valence-electron chi connectivity index (χ0n) is 15.5. The smallest absolute Gasteiger partial charge is 0.133 e. The van der Waals surface area contributed by atoms with E-state index in [1.165, 1.54) is 0 Å². The van der Waals surface area contributed by atoms with Gasteiger partial charge in [-0.1, -0.05) is 47.5 Å². The van der Waals surface area contributed by atoms with E-state index in [1.807, 2.05) is 47.1 Å². The maximum atomic E-state index is 6.52. The summed E-state index contributed by atoms with van der Waals surface area (Å²) in [5.74, 6) is 0. The average Bonchev–Trinajstić information content (AvgIpc) is 3.05. The molecule has 5 nitrogen and oxygen atoms in total. The fraction of sp³-hybridized carbons (Fsp3) is 0.0455. The van der Waals surface area contributed by atoms with Gasteiger partial charge in [-0.15, -0.1) is 0 Å². The molecular formula is C22H14Cl2IN5. The molecule has 148 valence electrons. The molecule has 0 fully saturated rings. The Balaban J connectivity index is 1.76. The molecule has 8 heteroatoms. The lowest BCUT2D eigenvalue weighted by atomic mass is 10.0. The van der Waals surface area contributed by atoms with E-state index in [0.29, 0.717) is 22.3 Å². The fourth-order valence-corrected chi connectivity index (χ4v) is 4.88. The van der Waals surface area contributed by atoms with Gasteiger partial charge in [0.1, 0.15) is 3.70 Å². The molecular weight excluding hydrogens is 532 g/mol. The third-order valence-corrected chi connectivity index (χ3v) is 6.40. The van der Waals surface area contributed by atoms with Crippen molar-refractivity contribution in [1.82, 2.24) is 19.7 Å². The lowest BCUT2D eigenvalue weighted by Crippen LogP contribution is -2.05. The summed E-state index contributed by atoms with van der Waals surface area (Å²) < 4.78 is 2.72. The van der Waals surface area contributed by atoms with Crippen molar-refractivity contribution in [3.05, 3.63) is 80.2 Å². The molecule has 0 radical (unpaired) electrons. The number of benzene rings is 2. The van der Waals surface area contributed by atoms with Crippen LogP contribution < -0.4 is 5.73 Å². The van der Waals surface area contributed by atoms with E-state index in [1.54, 1.807) is 12.4 Å². The average molecular weight is 546 g/mol. The highest BCUT2D eigenvalue weighted by Gasteiger charge is 2.17. The van der Waals surface area contributed by atoms with Gasteiger partial charge in [-0.3, -0.25) is 9.67 Å². The van der Waals surface area contributed by atoms with Crippen LogP contribution in [0.15, 0.2) is 60.9 Å². The van der Waals surface area contributed by atoms with Crippen LogP contribution in [0, 0.1) is 3.70 Å². The van der Waals surface area contributed by atoms with E-state index in [4.69, 9.17) is 39.0 Å². The van der Waals surface area contributed by atoms with Crippen LogP contribution in [0.4, 0.5) is 5.69 Å². The largest absolute Gasteiger partial charge is 0.397 e. The summed E-state index contributed by atoms with van der Waals surface area (Å²) in [4.78, 5) is 9.16. The van der Waals surface area contributed by atoms with Crippen molar-refractivity contribution in [2.24, 2.45) is 0 Å². The minimum Gasteiger partial charge on any atom is -0.397 e. The number of rotatable bonds is 3. The molecule has 30 heavy (non-hydrogen) atoms. The van der Waals surface area contributed by atoms with Crippen molar-refractivity contribution < 1.29 is 0 Å². The van der Waals surface area contributed by atoms with Crippen LogP contribution in [0.3, 0.4) is 0 Å². The van der Waals surface area contributed by atoms with Crippen LogP contribution in [0.1, 0.15) is 5.56 Å². The number of aromatic nitrogens is 4. The summed E-state index contributed by atoms with van der Waals surface area (Å²) in [5, 5.41) is 7.77. The van der Waals surface area contributed by atoms with Crippen molar-refractivity contribution in [2.45, 2.75) is 6.54 Å². The Labute approximate surface area is 196 Å². The molecule has 0 aliphatic rings. The van der Waals surface area contributed by atoms with Crippen LogP contribution in [0.25, 0.3) is 33.1 Å². The number of nitrogen functional groups attached to an aromatic ring is 1. The Bertz CT molecular complexity index is 1430. The third-order valence-electron chi connectivity index (χ3n) is 4.98. The molecule has 0 saturated heterocycles. The molecule has 0 unspecified atom stereocenters. The van der Waals surface area contributed by atoms with Gasteiger partial charge in [0.15, 0.2) is 0 Å². The molecule has 5 aromatic rings. The van der Waals surface area contributed by atoms with Crippen molar-refractivity contribution in [3.63, 3.8) is 0 Å². The molecule has 0 aliphatic carbocycles. The van der Waals surface area contributed by atoms with E-state index in [-0.39, 0.29) is 0 Å². The minimum absolute atomic E-state index is 0.472. The Kier molecular flexibility index (Phi) is 5.00. The highest BCUT2D eigenvalue weighted by Crippen LogP contribution is 2.34. The summed E-state index contributed by atoms with van der Waals surface area (Å²) in [6.45, 7) is 0.472. The van der Waals surface area contributed by atoms with Crippen LogP contribution >= 0.6 is 45.8 Å². The first-order valence-corrected chi connectivity index (χ1v) is 10.9. The maximum absolute atomic E-state index is 6.52. The Morgan fingerprint density at radius 3 is 2.63 bits per heavy atom.